The standard InChI is InChI=1S/C11H10N2O4S.2C10H8.C8H10N2.4C2H6.CH4/c1-12-13-10-9(18-17-16-15)6-7-4-2-3-5-8(7)11(10)14;2*1-2-6-10-8-4-3-7-9(10)5-1;1-7-3-5-8(6-4-7)10-9-2;4*1-2;/h2-6,14-15H,1H3;2*1-8H;3-6H,1-2H3;4*1-2H3;1H4. The van der Waals surface area contributed by atoms with E-state index in [1.807, 2.05) is 105 Å². The van der Waals surface area contributed by atoms with Crippen molar-refractivity contribution in [1.29, 1.82) is 0 Å². The molecule has 306 valence electrons. The third-order valence-corrected chi connectivity index (χ3v) is 7.50. The lowest BCUT2D eigenvalue weighted by atomic mass is 10.1. The predicted octanol–water partition coefficient (Wildman–Crippen LogP) is 16.8. The fourth-order valence-electron chi connectivity index (χ4n) is 4.60. The highest BCUT2D eigenvalue weighted by molar-refractivity contribution is 7.94. The Morgan fingerprint density at radius 3 is 1.19 bits per heavy atom. The number of phenolic OH excluding ortho intramolecular Hbond substituents is 1. The summed E-state index contributed by atoms with van der Waals surface area (Å²) in [6.07, 6.45) is 0. The van der Waals surface area contributed by atoms with Crippen LogP contribution in [0, 0.1) is 6.92 Å². The molecule has 7 rings (SSSR count). The van der Waals surface area contributed by atoms with Gasteiger partial charge in [-0.15, -0.1) is 4.33 Å². The van der Waals surface area contributed by atoms with Crippen molar-refractivity contribution in [3.05, 3.63) is 157 Å². The second-order valence-electron chi connectivity index (χ2n) is 10.1. The Hall–Kier alpha value is -5.45. The van der Waals surface area contributed by atoms with Gasteiger partial charge in [0.1, 0.15) is 5.69 Å². The van der Waals surface area contributed by atoms with Gasteiger partial charge in [-0.3, -0.25) is 0 Å². The molecule has 0 spiro atoms. The summed E-state index contributed by atoms with van der Waals surface area (Å²) in [7, 11) is 3.16. The lowest BCUT2D eigenvalue weighted by molar-refractivity contribution is -0.432. The molecule has 7 aromatic carbocycles. The van der Waals surface area contributed by atoms with Crippen molar-refractivity contribution < 1.29 is 19.7 Å². The van der Waals surface area contributed by atoms with Crippen LogP contribution < -0.4 is 0 Å². The van der Waals surface area contributed by atoms with Crippen LogP contribution in [0.2, 0.25) is 0 Å². The van der Waals surface area contributed by atoms with Crippen molar-refractivity contribution in [3.8, 4) is 5.75 Å². The first-order valence-corrected chi connectivity index (χ1v) is 19.7. The normalized spacial score (nSPS) is 9.40. The van der Waals surface area contributed by atoms with Crippen LogP contribution in [0.15, 0.2) is 177 Å². The quantitative estimate of drug-likeness (QED) is 0.0781. The molecular weight excluding hydrogens is 729 g/mol. The van der Waals surface area contributed by atoms with Crippen molar-refractivity contribution >= 4 is 55.7 Å². The largest absolute Gasteiger partial charge is 0.505 e. The molecule has 0 saturated carbocycles. The Morgan fingerprint density at radius 2 is 0.842 bits per heavy atom. The van der Waals surface area contributed by atoms with E-state index in [4.69, 9.17) is 5.26 Å². The molecule has 0 unspecified atom stereocenters. The number of aryl methyl sites for hydroxylation is 1. The number of benzene rings is 7. The van der Waals surface area contributed by atoms with E-state index in [9.17, 15) is 5.11 Å². The molecule has 0 fully saturated rings. The van der Waals surface area contributed by atoms with Crippen molar-refractivity contribution in [2.45, 2.75) is 74.6 Å². The first-order chi connectivity index (χ1) is 27.5. The minimum atomic E-state index is 0. The van der Waals surface area contributed by atoms with E-state index in [1.54, 1.807) is 19.2 Å². The monoisotopic (exact) mass is 792 g/mol. The Labute approximate surface area is 346 Å². The molecule has 0 heterocycles. The Bertz CT molecular complexity index is 1890. The Morgan fingerprint density at radius 1 is 0.491 bits per heavy atom. The summed E-state index contributed by atoms with van der Waals surface area (Å²) in [6, 6.07) is 50.4. The first-order valence-electron chi connectivity index (χ1n) is 19.0. The highest BCUT2D eigenvalue weighted by Crippen LogP contribution is 2.43. The van der Waals surface area contributed by atoms with Gasteiger partial charge in [0.15, 0.2) is 5.75 Å². The number of hydrogen-bond acceptors (Lipinski definition) is 9. The molecule has 2 N–H and O–H groups in total. The predicted molar refractivity (Wildman–Crippen MR) is 248 cm³/mol. The summed E-state index contributed by atoms with van der Waals surface area (Å²) in [5.74, 6) is 0.00254. The van der Waals surface area contributed by atoms with Gasteiger partial charge in [-0.2, -0.15) is 20.5 Å². The SMILES string of the molecule is C.CC.CC.CC.CC.CN=Nc1c(SOOO)cc2ccccc2c1O.CN=Nc1ccc(C)cc1.c1ccc2ccccc2c1.c1ccc2ccccc2c1. The van der Waals surface area contributed by atoms with Crippen molar-refractivity contribution in [1.82, 2.24) is 0 Å². The van der Waals surface area contributed by atoms with Gasteiger partial charge in [-0.05, 0) is 52.1 Å². The Balaban J connectivity index is 0. The summed E-state index contributed by atoms with van der Waals surface area (Å²) in [4.78, 5) is 0.478. The van der Waals surface area contributed by atoms with Gasteiger partial charge < -0.3 is 5.11 Å². The van der Waals surface area contributed by atoms with E-state index < -0.39 is 0 Å². The average molecular weight is 793 g/mol. The molecule has 0 radical (unpaired) electrons. The average Bonchev–Trinajstić information content (AvgIpc) is 3.28. The van der Waals surface area contributed by atoms with Crippen LogP contribution in [-0.4, -0.2) is 24.5 Å². The molecule has 57 heavy (non-hydrogen) atoms. The van der Waals surface area contributed by atoms with Crippen LogP contribution in [0.4, 0.5) is 11.4 Å². The molecule has 8 nitrogen and oxygen atoms in total. The smallest absolute Gasteiger partial charge is 0.152 e. The summed E-state index contributed by atoms with van der Waals surface area (Å²) < 4.78 is 4.37. The fourth-order valence-corrected chi connectivity index (χ4v) is 5.09. The Kier molecular flexibility index (Phi) is 32.9. The van der Waals surface area contributed by atoms with Crippen LogP contribution in [0.5, 0.6) is 5.75 Å². The minimum absolute atomic E-state index is 0. The number of azo groups is 2. The van der Waals surface area contributed by atoms with E-state index in [0.717, 1.165) is 23.1 Å². The molecule has 0 amide bonds. The van der Waals surface area contributed by atoms with Crippen LogP contribution in [0.1, 0.15) is 68.4 Å². The minimum Gasteiger partial charge on any atom is -0.505 e. The number of fused-ring (bicyclic) bond motifs is 3. The highest BCUT2D eigenvalue weighted by atomic mass is 32.2. The number of rotatable bonds is 5. The molecule has 7 aromatic rings. The van der Waals surface area contributed by atoms with Gasteiger partial charge in [0.05, 0.1) is 22.6 Å². The number of phenols is 1. The van der Waals surface area contributed by atoms with Gasteiger partial charge in [-0.25, -0.2) is 5.26 Å². The molecule has 9 heteroatoms. The van der Waals surface area contributed by atoms with E-state index >= 15 is 0 Å². The third kappa shape index (κ3) is 19.8. The molecular formula is C48H64N4O4S. The van der Waals surface area contributed by atoms with Crippen molar-refractivity contribution in [2.75, 3.05) is 14.1 Å². The van der Waals surface area contributed by atoms with E-state index in [2.05, 4.69) is 127 Å². The summed E-state index contributed by atoms with van der Waals surface area (Å²) in [6.45, 7) is 18.0. The highest BCUT2D eigenvalue weighted by Gasteiger charge is 2.14. The molecule has 0 aliphatic heterocycles. The number of aromatic hydroxyl groups is 1. The summed E-state index contributed by atoms with van der Waals surface area (Å²) >= 11 is 0.730. The van der Waals surface area contributed by atoms with E-state index in [-0.39, 0.29) is 18.9 Å². The third-order valence-electron chi connectivity index (χ3n) is 6.88. The van der Waals surface area contributed by atoms with Crippen LogP contribution in [0.25, 0.3) is 32.3 Å². The van der Waals surface area contributed by atoms with Crippen LogP contribution >= 0.6 is 12.0 Å². The number of hydrogen-bond donors (Lipinski definition) is 2. The molecule has 0 atom stereocenters. The summed E-state index contributed by atoms with van der Waals surface area (Å²) in [5, 5.41) is 43.6. The van der Waals surface area contributed by atoms with Gasteiger partial charge in [0.25, 0.3) is 0 Å². The number of nitrogens with zero attached hydrogens (tertiary/aromatic N) is 4. The zero-order valence-corrected chi connectivity index (χ0v) is 35.7. The van der Waals surface area contributed by atoms with Gasteiger partial charge >= 0.3 is 0 Å². The lowest BCUT2D eigenvalue weighted by Gasteiger charge is -2.08. The molecule has 0 aliphatic carbocycles. The zero-order chi connectivity index (χ0) is 42.0. The maximum absolute atomic E-state index is 10.1. The van der Waals surface area contributed by atoms with Crippen LogP contribution in [0.3, 0.4) is 0 Å². The maximum Gasteiger partial charge on any atom is 0.152 e. The second kappa shape index (κ2) is 35.0. The van der Waals surface area contributed by atoms with Gasteiger partial charge in [0, 0.05) is 19.5 Å². The molecule has 0 aliphatic rings. The second-order valence-corrected chi connectivity index (χ2v) is 10.9. The molecule has 0 saturated heterocycles. The van der Waals surface area contributed by atoms with Crippen LogP contribution in [-0.2, 0) is 9.37 Å². The first kappa shape index (κ1) is 53.7. The fraction of sp³-hybridized carbons (Fsp3) is 0.250. The molecule has 0 bridgehead atoms. The topological polar surface area (TPSA) is 108 Å². The zero-order valence-electron chi connectivity index (χ0n) is 34.8. The van der Waals surface area contributed by atoms with Gasteiger partial charge in [0.2, 0.25) is 0 Å². The maximum atomic E-state index is 10.1. The van der Waals surface area contributed by atoms with Crippen molar-refractivity contribution in [2.24, 2.45) is 20.5 Å². The summed E-state index contributed by atoms with van der Waals surface area (Å²) in [5.41, 5.74) is 2.42. The van der Waals surface area contributed by atoms with E-state index in [1.165, 1.54) is 34.2 Å². The molecule has 0 aromatic heterocycles. The van der Waals surface area contributed by atoms with Crippen molar-refractivity contribution in [3.63, 3.8) is 0 Å². The van der Waals surface area contributed by atoms with Gasteiger partial charge in [-0.1, -0.05) is 207 Å². The van der Waals surface area contributed by atoms with E-state index in [0.29, 0.717) is 10.3 Å². The lowest BCUT2D eigenvalue weighted by Crippen LogP contribution is -1.83.